The summed E-state index contributed by atoms with van der Waals surface area (Å²) in [5.74, 6) is -1.94. The number of rotatable bonds is 6. The second-order valence-corrected chi connectivity index (χ2v) is 4.61. The van der Waals surface area contributed by atoms with Crippen LogP contribution in [-0.2, 0) is 16.1 Å². The van der Waals surface area contributed by atoms with Crippen molar-refractivity contribution in [3.05, 3.63) is 53.4 Å². The molecule has 8 heteroatoms. The number of hydrogen-bond acceptors (Lipinski definition) is 5. The molecule has 1 heterocycles. The molecule has 0 aliphatic rings. The second kappa shape index (κ2) is 10.3. The Hall–Kier alpha value is -2.51. The summed E-state index contributed by atoms with van der Waals surface area (Å²) in [6.45, 7) is 2.07. The molecule has 3 N–H and O–H groups in total. The van der Waals surface area contributed by atoms with Crippen molar-refractivity contribution in [1.29, 1.82) is 0 Å². The van der Waals surface area contributed by atoms with E-state index < -0.39 is 11.9 Å². The minimum Gasteiger partial charge on any atom is -0.492 e. The highest BCUT2D eigenvalue weighted by Gasteiger charge is 2.04. The number of carbonyl (C=O) groups is 2. The molecule has 0 atom stereocenters. The third-order valence-corrected chi connectivity index (χ3v) is 2.64. The maximum atomic E-state index is 9.10. The Bertz CT molecular complexity index is 602. The van der Waals surface area contributed by atoms with Gasteiger partial charge in [-0.15, -0.1) is 0 Å². The van der Waals surface area contributed by atoms with Crippen molar-refractivity contribution in [2.24, 2.45) is 0 Å². The lowest BCUT2D eigenvalue weighted by Gasteiger charge is -2.06. The van der Waals surface area contributed by atoms with E-state index in [0.29, 0.717) is 18.2 Å². The molecule has 1 aromatic carbocycles. The van der Waals surface area contributed by atoms with Crippen LogP contribution in [0.5, 0.6) is 5.75 Å². The number of hydrogen-bond donors (Lipinski definition) is 3. The van der Waals surface area contributed by atoms with E-state index in [4.69, 9.17) is 40.6 Å². The Morgan fingerprint density at radius 3 is 2.48 bits per heavy atom. The number of aliphatic carboxylic acids is 2. The fourth-order valence-corrected chi connectivity index (χ4v) is 1.60. The van der Waals surface area contributed by atoms with Gasteiger partial charge in [0, 0.05) is 11.6 Å². The number of nitrogens with one attached hydrogen (secondary N) is 1. The minimum absolute atomic E-state index is 0.598. The molecular formula is C15H16ClNO6. The lowest BCUT2D eigenvalue weighted by Crippen LogP contribution is -2.20. The molecular weight excluding hydrogens is 326 g/mol. The van der Waals surface area contributed by atoms with Crippen molar-refractivity contribution in [3.63, 3.8) is 0 Å². The summed E-state index contributed by atoms with van der Waals surface area (Å²) in [6.07, 6.45) is 1.67. The predicted octanol–water partition coefficient (Wildman–Crippen LogP) is 2.26. The molecule has 0 fully saturated rings. The lowest BCUT2D eigenvalue weighted by molar-refractivity contribution is -0.159. The minimum atomic E-state index is -1.82. The van der Waals surface area contributed by atoms with Gasteiger partial charge >= 0.3 is 11.9 Å². The Kier molecular flexibility index (Phi) is 8.27. The van der Waals surface area contributed by atoms with Crippen LogP contribution in [0.15, 0.2) is 47.1 Å². The van der Waals surface area contributed by atoms with Gasteiger partial charge in [0.15, 0.2) is 0 Å². The maximum absolute atomic E-state index is 9.10. The Labute approximate surface area is 137 Å². The van der Waals surface area contributed by atoms with Gasteiger partial charge in [-0.1, -0.05) is 17.7 Å². The third-order valence-electron chi connectivity index (χ3n) is 2.41. The summed E-state index contributed by atoms with van der Waals surface area (Å²) in [5, 5.41) is 18.7. The highest BCUT2D eigenvalue weighted by Crippen LogP contribution is 2.16. The zero-order chi connectivity index (χ0) is 17.1. The fourth-order valence-electron chi connectivity index (χ4n) is 1.42. The van der Waals surface area contributed by atoms with Crippen LogP contribution in [0.25, 0.3) is 0 Å². The van der Waals surface area contributed by atoms with Gasteiger partial charge in [0.05, 0.1) is 12.8 Å². The van der Waals surface area contributed by atoms with Gasteiger partial charge in [0.25, 0.3) is 0 Å². The highest BCUT2D eigenvalue weighted by atomic mass is 35.5. The Balaban J connectivity index is 0.000000379. The number of ether oxygens (including phenoxy) is 1. The van der Waals surface area contributed by atoms with Crippen LogP contribution in [0.2, 0.25) is 5.02 Å². The Morgan fingerprint density at radius 1 is 1.17 bits per heavy atom. The van der Waals surface area contributed by atoms with E-state index in [-0.39, 0.29) is 0 Å². The smallest absolute Gasteiger partial charge is 0.414 e. The average molecular weight is 342 g/mol. The van der Waals surface area contributed by atoms with E-state index in [1.165, 1.54) is 0 Å². The topological polar surface area (TPSA) is 109 Å². The molecule has 124 valence electrons. The quantitative estimate of drug-likeness (QED) is 0.546. The molecule has 0 saturated carbocycles. The SMILES string of the molecule is Clc1cccc(OCCNCc2ccco2)c1.O=C(O)C(=O)O. The molecule has 0 aliphatic heterocycles. The highest BCUT2D eigenvalue weighted by molar-refractivity contribution is 6.30. The van der Waals surface area contributed by atoms with E-state index in [0.717, 1.165) is 18.1 Å². The summed E-state index contributed by atoms with van der Waals surface area (Å²) < 4.78 is 10.7. The van der Waals surface area contributed by atoms with Crippen LogP contribution in [0, 0.1) is 0 Å². The van der Waals surface area contributed by atoms with Gasteiger partial charge in [-0.05, 0) is 30.3 Å². The molecule has 23 heavy (non-hydrogen) atoms. The first kappa shape index (κ1) is 18.5. The number of furan rings is 1. The first-order valence-corrected chi connectivity index (χ1v) is 6.94. The van der Waals surface area contributed by atoms with Crippen LogP contribution < -0.4 is 10.1 Å². The largest absolute Gasteiger partial charge is 0.492 e. The standard InChI is InChI=1S/C13H14ClNO2.C2H2O4/c14-11-3-1-4-12(9-11)17-8-6-15-10-13-5-2-7-16-13;3-1(4)2(5)6/h1-5,7,9,15H,6,8,10H2;(H,3,4)(H,5,6). The van der Waals surface area contributed by atoms with Crippen molar-refractivity contribution >= 4 is 23.5 Å². The molecule has 0 unspecified atom stereocenters. The molecule has 1 aromatic heterocycles. The van der Waals surface area contributed by atoms with Gasteiger partial charge in [-0.3, -0.25) is 0 Å². The fraction of sp³-hybridized carbons (Fsp3) is 0.200. The molecule has 2 aromatic rings. The van der Waals surface area contributed by atoms with Crippen molar-refractivity contribution in [1.82, 2.24) is 5.32 Å². The van der Waals surface area contributed by atoms with Crippen LogP contribution in [0.4, 0.5) is 0 Å². The average Bonchev–Trinajstić information content (AvgIpc) is 3.01. The van der Waals surface area contributed by atoms with E-state index >= 15 is 0 Å². The zero-order valence-electron chi connectivity index (χ0n) is 12.1. The van der Waals surface area contributed by atoms with E-state index in [1.807, 2.05) is 30.3 Å². The lowest BCUT2D eigenvalue weighted by atomic mass is 10.3. The second-order valence-electron chi connectivity index (χ2n) is 4.17. The molecule has 7 nitrogen and oxygen atoms in total. The van der Waals surface area contributed by atoms with Crippen molar-refractivity contribution < 1.29 is 29.0 Å². The zero-order valence-corrected chi connectivity index (χ0v) is 12.8. The molecule has 0 spiro atoms. The van der Waals surface area contributed by atoms with Crippen molar-refractivity contribution in [3.8, 4) is 5.75 Å². The van der Waals surface area contributed by atoms with Gasteiger partial charge in [-0.25, -0.2) is 9.59 Å². The molecule has 0 amide bonds. The summed E-state index contributed by atoms with van der Waals surface area (Å²) in [4.78, 5) is 18.2. The van der Waals surface area contributed by atoms with Crippen LogP contribution in [0.3, 0.4) is 0 Å². The number of benzene rings is 1. The molecule has 2 rings (SSSR count). The summed E-state index contributed by atoms with van der Waals surface area (Å²) in [5.41, 5.74) is 0. The van der Waals surface area contributed by atoms with E-state index in [9.17, 15) is 0 Å². The number of halogens is 1. The molecule has 0 saturated heterocycles. The van der Waals surface area contributed by atoms with Gasteiger partial charge < -0.3 is 24.7 Å². The van der Waals surface area contributed by atoms with Crippen molar-refractivity contribution in [2.45, 2.75) is 6.54 Å². The number of carboxylic acid groups (broad SMARTS) is 2. The third kappa shape index (κ3) is 8.50. The van der Waals surface area contributed by atoms with Crippen LogP contribution in [-0.4, -0.2) is 35.3 Å². The first-order chi connectivity index (χ1) is 11.0. The summed E-state index contributed by atoms with van der Waals surface area (Å²) >= 11 is 5.84. The van der Waals surface area contributed by atoms with Crippen molar-refractivity contribution in [2.75, 3.05) is 13.2 Å². The predicted molar refractivity (Wildman–Crippen MR) is 82.6 cm³/mol. The van der Waals surface area contributed by atoms with Crippen LogP contribution >= 0.6 is 11.6 Å². The summed E-state index contributed by atoms with van der Waals surface area (Å²) in [6, 6.07) is 11.2. The monoisotopic (exact) mass is 341 g/mol. The molecule has 0 aliphatic carbocycles. The van der Waals surface area contributed by atoms with Gasteiger partial charge in [-0.2, -0.15) is 0 Å². The first-order valence-electron chi connectivity index (χ1n) is 6.56. The van der Waals surface area contributed by atoms with Gasteiger partial charge in [0.2, 0.25) is 0 Å². The molecule has 0 bridgehead atoms. The van der Waals surface area contributed by atoms with E-state index in [2.05, 4.69) is 5.32 Å². The van der Waals surface area contributed by atoms with Crippen LogP contribution in [0.1, 0.15) is 5.76 Å². The van der Waals surface area contributed by atoms with Gasteiger partial charge in [0.1, 0.15) is 18.1 Å². The summed E-state index contributed by atoms with van der Waals surface area (Å²) in [7, 11) is 0. The number of carboxylic acids is 2. The Morgan fingerprint density at radius 2 is 1.91 bits per heavy atom. The van der Waals surface area contributed by atoms with E-state index in [1.54, 1.807) is 12.3 Å². The maximum Gasteiger partial charge on any atom is 0.414 e. The molecule has 0 radical (unpaired) electrons. The normalized spacial score (nSPS) is 9.61.